The van der Waals surface area contributed by atoms with Gasteiger partial charge >= 0.3 is 6.03 Å². The first kappa shape index (κ1) is 23.2. The lowest BCUT2D eigenvalue weighted by Gasteiger charge is -2.47. The van der Waals surface area contributed by atoms with Crippen molar-refractivity contribution in [1.29, 1.82) is 0 Å². The number of urea groups is 1. The number of carbonyl (C=O) groups excluding carboxylic acids is 3. The molecule has 2 aliphatic rings. The van der Waals surface area contributed by atoms with Crippen molar-refractivity contribution in [3.63, 3.8) is 0 Å². The van der Waals surface area contributed by atoms with E-state index in [2.05, 4.69) is 66.0 Å². The molecule has 2 aromatic rings. The first-order chi connectivity index (χ1) is 15.5. The topological polar surface area (TPSA) is 69.7 Å². The Kier molecular flexibility index (Phi) is 5.95. The third-order valence-electron chi connectivity index (χ3n) is 6.56. The molecule has 4 rings (SSSR count). The van der Waals surface area contributed by atoms with E-state index in [9.17, 15) is 14.4 Å². The van der Waals surface area contributed by atoms with E-state index in [1.54, 1.807) is 30.3 Å². The summed E-state index contributed by atoms with van der Waals surface area (Å²) in [6.07, 6.45) is 2.62. The van der Waals surface area contributed by atoms with Crippen LogP contribution in [0.15, 0.2) is 46.4 Å². The largest absolute Gasteiger partial charge is 0.366 e. The van der Waals surface area contributed by atoms with Crippen LogP contribution in [0, 0.1) is 6.92 Å². The molecular weight excluding hydrogens is 482 g/mol. The Hall–Kier alpha value is -2.93. The smallest absolute Gasteiger partial charge is 0.335 e. The van der Waals surface area contributed by atoms with Crippen molar-refractivity contribution in [3.8, 4) is 0 Å². The second-order valence-corrected chi connectivity index (χ2v) is 10.3. The van der Waals surface area contributed by atoms with Gasteiger partial charge in [-0.25, -0.2) is 9.69 Å². The van der Waals surface area contributed by atoms with Crippen molar-refractivity contribution in [1.82, 2.24) is 5.32 Å². The van der Waals surface area contributed by atoms with E-state index in [-0.39, 0.29) is 11.1 Å². The van der Waals surface area contributed by atoms with Gasteiger partial charge in [-0.05, 0) is 93.1 Å². The van der Waals surface area contributed by atoms with Gasteiger partial charge < -0.3 is 4.90 Å². The van der Waals surface area contributed by atoms with Gasteiger partial charge in [0, 0.05) is 22.2 Å². The zero-order chi connectivity index (χ0) is 24.1. The Morgan fingerprint density at radius 1 is 1.18 bits per heavy atom. The van der Waals surface area contributed by atoms with Gasteiger partial charge in [-0.2, -0.15) is 0 Å². The molecule has 0 aliphatic carbocycles. The molecule has 0 bridgehead atoms. The van der Waals surface area contributed by atoms with Crippen molar-refractivity contribution in [2.24, 2.45) is 0 Å². The number of amides is 4. The number of aryl methyl sites for hydroxylation is 1. The lowest BCUT2D eigenvalue weighted by molar-refractivity contribution is -0.122. The molecule has 2 aliphatic heterocycles. The van der Waals surface area contributed by atoms with Gasteiger partial charge in [0.25, 0.3) is 11.8 Å². The minimum absolute atomic E-state index is 0.0532. The molecule has 1 saturated heterocycles. The maximum atomic E-state index is 13.3. The normalized spacial score (nSPS) is 21.3. The summed E-state index contributed by atoms with van der Waals surface area (Å²) < 4.78 is 0.728. The third kappa shape index (κ3) is 4.10. The molecule has 4 amide bonds. The van der Waals surface area contributed by atoms with E-state index < -0.39 is 17.8 Å². The van der Waals surface area contributed by atoms with Crippen molar-refractivity contribution in [2.45, 2.75) is 52.5 Å². The first-order valence-electron chi connectivity index (χ1n) is 11.1. The van der Waals surface area contributed by atoms with Gasteiger partial charge in [-0.3, -0.25) is 14.9 Å². The monoisotopic (exact) mass is 509 g/mol. The number of rotatable bonds is 3. The van der Waals surface area contributed by atoms with Crippen LogP contribution in [-0.2, 0) is 9.59 Å². The van der Waals surface area contributed by atoms with Crippen LogP contribution in [0.4, 0.5) is 16.2 Å². The Morgan fingerprint density at radius 3 is 2.58 bits per heavy atom. The average molecular weight is 510 g/mol. The molecule has 0 spiro atoms. The van der Waals surface area contributed by atoms with Crippen LogP contribution in [0.3, 0.4) is 0 Å². The number of benzene rings is 2. The predicted octanol–water partition coefficient (Wildman–Crippen LogP) is 5.54. The number of hydrogen-bond acceptors (Lipinski definition) is 4. The Balaban J connectivity index is 1.78. The summed E-state index contributed by atoms with van der Waals surface area (Å²) in [4.78, 5) is 41.8. The highest BCUT2D eigenvalue weighted by Crippen LogP contribution is 2.44. The Morgan fingerprint density at radius 2 is 1.91 bits per heavy atom. The molecule has 1 N–H and O–H groups in total. The highest BCUT2D eigenvalue weighted by atomic mass is 79.9. The van der Waals surface area contributed by atoms with E-state index in [4.69, 9.17) is 0 Å². The fourth-order valence-electron chi connectivity index (χ4n) is 5.07. The third-order valence-corrected chi connectivity index (χ3v) is 7.05. The van der Waals surface area contributed by atoms with Crippen molar-refractivity contribution >= 4 is 51.2 Å². The molecule has 1 atom stereocenters. The van der Waals surface area contributed by atoms with Crippen LogP contribution in [0.2, 0.25) is 0 Å². The summed E-state index contributed by atoms with van der Waals surface area (Å²) in [7, 11) is 0. The minimum atomic E-state index is -0.753. The van der Waals surface area contributed by atoms with Crippen LogP contribution in [0.25, 0.3) is 6.08 Å². The number of anilines is 2. The molecule has 0 radical (unpaired) electrons. The summed E-state index contributed by atoms with van der Waals surface area (Å²) in [6.45, 7) is 11.8. The van der Waals surface area contributed by atoms with Crippen LogP contribution in [0.1, 0.15) is 56.7 Å². The number of nitrogens with one attached hydrogen (secondary N) is 1. The Labute approximate surface area is 202 Å². The van der Waals surface area contributed by atoms with Crippen molar-refractivity contribution < 1.29 is 14.4 Å². The SMILES string of the molecule is CCN1c2cc(C)c(/C=C3\C(=O)NC(=O)N(c4cccc(Br)c4)C3=O)cc2C(C)CC1(C)C. The highest BCUT2D eigenvalue weighted by molar-refractivity contribution is 9.10. The van der Waals surface area contributed by atoms with Gasteiger partial charge in [0.05, 0.1) is 5.69 Å². The predicted molar refractivity (Wildman–Crippen MR) is 134 cm³/mol. The zero-order valence-corrected chi connectivity index (χ0v) is 21.1. The summed E-state index contributed by atoms with van der Waals surface area (Å²) in [6, 6.07) is 10.3. The van der Waals surface area contributed by atoms with Gasteiger partial charge in [0.1, 0.15) is 5.57 Å². The zero-order valence-electron chi connectivity index (χ0n) is 19.5. The van der Waals surface area contributed by atoms with Crippen LogP contribution in [-0.4, -0.2) is 29.9 Å². The first-order valence-corrected chi connectivity index (χ1v) is 11.9. The highest BCUT2D eigenvalue weighted by Gasteiger charge is 2.38. The molecule has 33 heavy (non-hydrogen) atoms. The fourth-order valence-corrected chi connectivity index (χ4v) is 5.45. The van der Waals surface area contributed by atoms with Crippen LogP contribution < -0.4 is 15.1 Å². The lowest BCUT2D eigenvalue weighted by atomic mass is 9.79. The average Bonchev–Trinajstić information content (AvgIpc) is 2.71. The van der Waals surface area contributed by atoms with Gasteiger partial charge in [-0.1, -0.05) is 28.9 Å². The molecule has 7 heteroatoms. The lowest BCUT2D eigenvalue weighted by Crippen LogP contribution is -2.54. The summed E-state index contributed by atoms with van der Waals surface area (Å²) in [5.74, 6) is -0.979. The summed E-state index contributed by atoms with van der Waals surface area (Å²) in [5.41, 5.74) is 4.56. The van der Waals surface area contributed by atoms with Gasteiger partial charge in [0.2, 0.25) is 0 Å². The maximum absolute atomic E-state index is 13.3. The Bertz CT molecular complexity index is 1200. The van der Waals surface area contributed by atoms with E-state index >= 15 is 0 Å². The van der Waals surface area contributed by atoms with Crippen molar-refractivity contribution in [2.75, 3.05) is 16.3 Å². The van der Waals surface area contributed by atoms with E-state index in [1.165, 1.54) is 11.3 Å². The summed E-state index contributed by atoms with van der Waals surface area (Å²) in [5, 5.41) is 2.30. The molecule has 0 aromatic heterocycles. The van der Waals surface area contributed by atoms with E-state index in [1.807, 2.05) is 6.92 Å². The van der Waals surface area contributed by atoms with Gasteiger partial charge in [-0.15, -0.1) is 0 Å². The number of carbonyl (C=O) groups is 3. The number of hydrogen-bond donors (Lipinski definition) is 1. The second-order valence-electron chi connectivity index (χ2n) is 9.37. The molecule has 0 saturated carbocycles. The molecule has 6 nitrogen and oxygen atoms in total. The molecule has 1 unspecified atom stereocenters. The number of nitrogens with zero attached hydrogens (tertiary/aromatic N) is 2. The number of barbiturate groups is 1. The molecule has 1 fully saturated rings. The van der Waals surface area contributed by atoms with E-state index in [0.717, 1.165) is 33.5 Å². The number of imide groups is 2. The number of fused-ring (bicyclic) bond motifs is 1. The van der Waals surface area contributed by atoms with Crippen molar-refractivity contribution in [3.05, 3.63) is 63.1 Å². The molecule has 2 aromatic carbocycles. The molecule has 172 valence electrons. The standard InChI is InChI=1S/C26H28BrN3O3/c1-6-29-22-10-15(2)17(11-20(22)16(3)14-26(29,4)5)12-21-23(31)28-25(33)30(24(21)32)19-9-7-8-18(27)13-19/h7-13,16H,6,14H2,1-5H3,(H,28,31,33)/b21-12+. The summed E-state index contributed by atoms with van der Waals surface area (Å²) >= 11 is 3.36. The quantitative estimate of drug-likeness (QED) is 0.435. The molecule has 2 heterocycles. The second kappa shape index (κ2) is 8.45. The number of halogens is 1. The maximum Gasteiger partial charge on any atom is 0.335 e. The molecular formula is C26H28BrN3O3. The fraction of sp³-hybridized carbons (Fsp3) is 0.346. The minimum Gasteiger partial charge on any atom is -0.366 e. The van der Waals surface area contributed by atoms with E-state index in [0.29, 0.717) is 11.6 Å². The van der Waals surface area contributed by atoms with Gasteiger partial charge in [0.15, 0.2) is 0 Å². The van der Waals surface area contributed by atoms with Crippen LogP contribution >= 0.6 is 15.9 Å². The van der Waals surface area contributed by atoms with Crippen LogP contribution in [0.5, 0.6) is 0 Å².